The maximum atomic E-state index is 11.8. The maximum absolute atomic E-state index is 11.8. The third kappa shape index (κ3) is 9.88. The topological polar surface area (TPSA) is 65.5 Å². The largest absolute Gasteiger partial charge is 0.356 e. The van der Waals surface area contributed by atoms with Gasteiger partial charge in [-0.3, -0.25) is 9.79 Å². The van der Waals surface area contributed by atoms with Gasteiger partial charge in [-0.25, -0.2) is 0 Å². The standard InChI is InChI=1S/C15H24N4OS.HI/c1-16-15(17-10-6-7-11-21-2)18-12-14(20)19-13-8-4-3-5-9-13;/h3-5,8-9H,6-7,10-12H2,1-2H3,(H,19,20)(H2,16,17,18);1H. The number of hydrogen-bond donors (Lipinski definition) is 3. The van der Waals surface area contributed by atoms with Gasteiger partial charge in [0.1, 0.15) is 0 Å². The third-order valence-electron chi connectivity index (χ3n) is 2.77. The molecule has 7 heteroatoms. The smallest absolute Gasteiger partial charge is 0.243 e. The van der Waals surface area contributed by atoms with Crippen molar-refractivity contribution in [3.8, 4) is 0 Å². The molecule has 0 bridgehead atoms. The number of unbranched alkanes of at least 4 members (excludes halogenated alkanes) is 1. The molecule has 0 fully saturated rings. The molecule has 0 heterocycles. The molecule has 0 atom stereocenters. The van der Waals surface area contributed by atoms with Crippen molar-refractivity contribution in [2.24, 2.45) is 4.99 Å². The number of hydrogen-bond acceptors (Lipinski definition) is 3. The Morgan fingerprint density at radius 1 is 1.18 bits per heavy atom. The molecule has 1 amide bonds. The van der Waals surface area contributed by atoms with Crippen LogP contribution in [0.15, 0.2) is 35.3 Å². The summed E-state index contributed by atoms with van der Waals surface area (Å²) in [5.41, 5.74) is 0.796. The average Bonchev–Trinajstić information content (AvgIpc) is 2.51. The molecule has 0 spiro atoms. The van der Waals surface area contributed by atoms with E-state index in [0.717, 1.165) is 18.7 Å². The second-order valence-electron chi connectivity index (χ2n) is 4.47. The van der Waals surface area contributed by atoms with Gasteiger partial charge < -0.3 is 16.0 Å². The molecule has 1 aromatic rings. The molecule has 0 aliphatic heterocycles. The highest BCUT2D eigenvalue weighted by atomic mass is 127. The van der Waals surface area contributed by atoms with Crippen molar-refractivity contribution in [3.63, 3.8) is 0 Å². The summed E-state index contributed by atoms with van der Waals surface area (Å²) in [5.74, 6) is 1.74. The highest BCUT2D eigenvalue weighted by molar-refractivity contribution is 14.0. The van der Waals surface area contributed by atoms with Gasteiger partial charge in [0.2, 0.25) is 5.91 Å². The highest BCUT2D eigenvalue weighted by Crippen LogP contribution is 2.03. The molecule has 0 aliphatic carbocycles. The molecule has 1 rings (SSSR count). The Kier molecular flexibility index (Phi) is 13.1. The van der Waals surface area contributed by atoms with Crippen molar-refractivity contribution < 1.29 is 4.79 Å². The fourth-order valence-corrected chi connectivity index (χ4v) is 2.18. The quantitative estimate of drug-likeness (QED) is 0.254. The molecular weight excluding hydrogens is 411 g/mol. The van der Waals surface area contributed by atoms with Gasteiger partial charge in [-0.2, -0.15) is 11.8 Å². The van der Waals surface area contributed by atoms with Gasteiger partial charge in [0.25, 0.3) is 0 Å². The van der Waals surface area contributed by atoms with E-state index >= 15 is 0 Å². The van der Waals surface area contributed by atoms with Crippen molar-refractivity contribution in [1.82, 2.24) is 10.6 Å². The number of halogens is 1. The summed E-state index contributed by atoms with van der Waals surface area (Å²) >= 11 is 1.85. The van der Waals surface area contributed by atoms with E-state index in [2.05, 4.69) is 27.2 Å². The molecular formula is C15H25IN4OS. The summed E-state index contributed by atoms with van der Waals surface area (Å²) < 4.78 is 0. The summed E-state index contributed by atoms with van der Waals surface area (Å²) in [4.78, 5) is 15.9. The Morgan fingerprint density at radius 3 is 2.55 bits per heavy atom. The van der Waals surface area contributed by atoms with E-state index in [1.807, 2.05) is 42.1 Å². The van der Waals surface area contributed by atoms with Crippen LogP contribution in [0.4, 0.5) is 5.69 Å². The Hall–Kier alpha value is -0.960. The second-order valence-corrected chi connectivity index (χ2v) is 5.45. The summed E-state index contributed by atoms with van der Waals surface area (Å²) in [6, 6.07) is 9.40. The van der Waals surface area contributed by atoms with E-state index < -0.39 is 0 Å². The van der Waals surface area contributed by atoms with Gasteiger partial charge in [-0.05, 0) is 37.0 Å². The monoisotopic (exact) mass is 436 g/mol. The molecule has 1 aromatic carbocycles. The van der Waals surface area contributed by atoms with E-state index in [9.17, 15) is 4.79 Å². The Balaban J connectivity index is 0.00000441. The lowest BCUT2D eigenvalue weighted by Crippen LogP contribution is -2.41. The molecule has 0 radical (unpaired) electrons. The molecule has 124 valence electrons. The summed E-state index contributed by atoms with van der Waals surface area (Å²) in [6.45, 7) is 1.06. The van der Waals surface area contributed by atoms with Gasteiger partial charge in [0.15, 0.2) is 5.96 Å². The number of guanidine groups is 1. The molecule has 0 unspecified atom stereocenters. The normalized spacial score (nSPS) is 10.5. The van der Waals surface area contributed by atoms with E-state index in [1.165, 1.54) is 12.2 Å². The zero-order valence-corrected chi connectivity index (χ0v) is 16.2. The fraction of sp³-hybridized carbons (Fsp3) is 0.467. The van der Waals surface area contributed by atoms with Crippen LogP contribution in [0.3, 0.4) is 0 Å². The lowest BCUT2D eigenvalue weighted by molar-refractivity contribution is -0.115. The van der Waals surface area contributed by atoms with Crippen LogP contribution in [-0.4, -0.2) is 44.0 Å². The lowest BCUT2D eigenvalue weighted by atomic mass is 10.3. The number of anilines is 1. The van der Waals surface area contributed by atoms with E-state index in [-0.39, 0.29) is 36.4 Å². The van der Waals surface area contributed by atoms with Crippen molar-refractivity contribution in [3.05, 3.63) is 30.3 Å². The Bertz CT molecular complexity index is 442. The van der Waals surface area contributed by atoms with E-state index in [4.69, 9.17) is 0 Å². The maximum Gasteiger partial charge on any atom is 0.243 e. The summed E-state index contributed by atoms with van der Waals surface area (Å²) in [5, 5.41) is 9.02. The number of thioether (sulfide) groups is 1. The van der Waals surface area contributed by atoms with Crippen molar-refractivity contribution in [1.29, 1.82) is 0 Å². The number of nitrogens with one attached hydrogen (secondary N) is 3. The minimum Gasteiger partial charge on any atom is -0.356 e. The third-order valence-corrected chi connectivity index (χ3v) is 3.46. The van der Waals surface area contributed by atoms with Crippen LogP contribution < -0.4 is 16.0 Å². The Labute approximate surface area is 154 Å². The second kappa shape index (κ2) is 13.7. The molecule has 0 aliphatic rings. The summed E-state index contributed by atoms with van der Waals surface area (Å²) in [7, 11) is 1.70. The first-order chi connectivity index (χ1) is 10.3. The van der Waals surface area contributed by atoms with Crippen LogP contribution in [-0.2, 0) is 4.79 Å². The number of carbonyl (C=O) groups excluding carboxylic acids is 1. The van der Waals surface area contributed by atoms with Crippen LogP contribution in [0.25, 0.3) is 0 Å². The number of carbonyl (C=O) groups is 1. The number of amides is 1. The van der Waals surface area contributed by atoms with Gasteiger partial charge in [-0.15, -0.1) is 24.0 Å². The van der Waals surface area contributed by atoms with Crippen LogP contribution in [0.5, 0.6) is 0 Å². The number of aliphatic imine (C=N–C) groups is 1. The van der Waals surface area contributed by atoms with Crippen LogP contribution >= 0.6 is 35.7 Å². The molecule has 0 saturated heterocycles. The minimum atomic E-state index is -0.0912. The van der Waals surface area contributed by atoms with Gasteiger partial charge in [0.05, 0.1) is 6.54 Å². The van der Waals surface area contributed by atoms with Crippen molar-refractivity contribution >= 4 is 53.3 Å². The van der Waals surface area contributed by atoms with Gasteiger partial charge in [0, 0.05) is 19.3 Å². The number of nitrogens with zero attached hydrogens (tertiary/aromatic N) is 1. The van der Waals surface area contributed by atoms with E-state index in [1.54, 1.807) is 7.05 Å². The predicted octanol–water partition coefficient (Wildman–Crippen LogP) is 2.55. The van der Waals surface area contributed by atoms with Gasteiger partial charge >= 0.3 is 0 Å². The Morgan fingerprint density at radius 2 is 1.91 bits per heavy atom. The van der Waals surface area contributed by atoms with E-state index in [0.29, 0.717) is 5.96 Å². The van der Waals surface area contributed by atoms with Crippen LogP contribution in [0.1, 0.15) is 12.8 Å². The molecule has 0 aromatic heterocycles. The fourth-order valence-electron chi connectivity index (χ4n) is 1.69. The first-order valence-corrected chi connectivity index (χ1v) is 8.44. The molecule has 5 nitrogen and oxygen atoms in total. The molecule has 22 heavy (non-hydrogen) atoms. The molecule has 0 saturated carbocycles. The number of benzene rings is 1. The van der Waals surface area contributed by atoms with Gasteiger partial charge in [-0.1, -0.05) is 18.2 Å². The zero-order valence-electron chi connectivity index (χ0n) is 13.1. The van der Waals surface area contributed by atoms with Crippen LogP contribution in [0, 0.1) is 0 Å². The number of para-hydroxylation sites is 1. The zero-order chi connectivity index (χ0) is 15.3. The summed E-state index contributed by atoms with van der Waals surface area (Å²) in [6.07, 6.45) is 4.39. The minimum absolute atomic E-state index is 0. The first-order valence-electron chi connectivity index (χ1n) is 7.04. The predicted molar refractivity (Wildman–Crippen MR) is 107 cm³/mol. The van der Waals surface area contributed by atoms with Crippen molar-refractivity contribution in [2.45, 2.75) is 12.8 Å². The van der Waals surface area contributed by atoms with Crippen LogP contribution in [0.2, 0.25) is 0 Å². The highest BCUT2D eigenvalue weighted by Gasteiger charge is 2.03. The SMILES string of the molecule is CN=C(NCCCCSC)NCC(=O)Nc1ccccc1.I. The lowest BCUT2D eigenvalue weighted by Gasteiger charge is -2.11. The van der Waals surface area contributed by atoms with Crippen molar-refractivity contribution in [2.75, 3.05) is 37.5 Å². The average molecular weight is 436 g/mol. The first kappa shape index (κ1) is 21.0. The molecule has 3 N–H and O–H groups in total. The number of rotatable bonds is 8.